The number of amides is 2. The van der Waals surface area contributed by atoms with E-state index in [0.717, 1.165) is 11.4 Å². The number of halogens is 1. The van der Waals surface area contributed by atoms with Gasteiger partial charge in [0.15, 0.2) is 0 Å². The number of nitrogens with one attached hydrogen (secondary N) is 3. The predicted molar refractivity (Wildman–Crippen MR) is 84.4 cm³/mol. The third-order valence-corrected chi connectivity index (χ3v) is 2.96. The Bertz CT molecular complexity index is 577. The van der Waals surface area contributed by atoms with Crippen molar-refractivity contribution in [2.24, 2.45) is 0 Å². The lowest BCUT2D eigenvalue weighted by Crippen LogP contribution is -2.37. The first-order valence-corrected chi connectivity index (χ1v) is 7.03. The fraction of sp³-hybridized carbons (Fsp3) is 0.200. The normalized spacial score (nSPS) is 9.95. The van der Waals surface area contributed by atoms with E-state index in [1.165, 1.54) is 0 Å². The van der Waals surface area contributed by atoms with E-state index < -0.39 is 0 Å². The number of nitrogens with zero attached hydrogens (tertiary/aromatic N) is 1. The highest BCUT2D eigenvalue weighted by Gasteiger charge is 2.00. The van der Waals surface area contributed by atoms with Gasteiger partial charge in [-0.1, -0.05) is 29.8 Å². The molecule has 0 aliphatic carbocycles. The Morgan fingerprint density at radius 1 is 1.10 bits per heavy atom. The number of hydrogen-bond acceptors (Lipinski definition) is 3. The molecule has 21 heavy (non-hydrogen) atoms. The smallest absolute Gasteiger partial charge is 0.315 e. The number of hydrogen-bond donors (Lipinski definition) is 3. The zero-order valence-electron chi connectivity index (χ0n) is 11.5. The summed E-state index contributed by atoms with van der Waals surface area (Å²) in [6, 6.07) is 12.8. The largest absolute Gasteiger partial charge is 0.368 e. The maximum atomic E-state index is 11.6. The summed E-state index contributed by atoms with van der Waals surface area (Å²) < 4.78 is 0. The zero-order chi connectivity index (χ0) is 14.9. The Balaban J connectivity index is 1.62. The highest BCUT2D eigenvalue weighted by molar-refractivity contribution is 6.30. The van der Waals surface area contributed by atoms with Crippen molar-refractivity contribution in [1.29, 1.82) is 0 Å². The van der Waals surface area contributed by atoms with E-state index in [9.17, 15) is 4.79 Å². The topological polar surface area (TPSA) is 66.0 Å². The average molecular weight is 305 g/mol. The lowest BCUT2D eigenvalue weighted by molar-refractivity contribution is 0.241. The quantitative estimate of drug-likeness (QED) is 0.719. The standard InChI is InChI=1S/C15H17ClN4O/c16-13-5-3-4-12(10-13)11-20-15(21)19-9-8-18-14-6-1-2-7-17-14/h1-7,10H,8-9,11H2,(H,17,18)(H2,19,20,21). The van der Waals surface area contributed by atoms with Gasteiger partial charge in [0.25, 0.3) is 0 Å². The Morgan fingerprint density at radius 2 is 2.00 bits per heavy atom. The van der Waals surface area contributed by atoms with Crippen LogP contribution in [-0.4, -0.2) is 24.1 Å². The van der Waals surface area contributed by atoms with Crippen molar-refractivity contribution < 1.29 is 4.79 Å². The fourth-order valence-electron chi connectivity index (χ4n) is 1.73. The van der Waals surface area contributed by atoms with Crippen LogP contribution in [0.2, 0.25) is 5.02 Å². The molecule has 3 N–H and O–H groups in total. The molecule has 1 heterocycles. The Kier molecular flexibility index (Phi) is 5.84. The zero-order valence-corrected chi connectivity index (χ0v) is 12.2. The van der Waals surface area contributed by atoms with Gasteiger partial charge in [-0.2, -0.15) is 0 Å². The van der Waals surface area contributed by atoms with Crippen molar-refractivity contribution >= 4 is 23.4 Å². The molecule has 110 valence electrons. The van der Waals surface area contributed by atoms with Crippen LogP contribution in [0.1, 0.15) is 5.56 Å². The van der Waals surface area contributed by atoms with Gasteiger partial charge < -0.3 is 16.0 Å². The number of carbonyl (C=O) groups excluding carboxylic acids is 1. The molecular weight excluding hydrogens is 288 g/mol. The van der Waals surface area contributed by atoms with Gasteiger partial charge in [0.05, 0.1) is 0 Å². The summed E-state index contributed by atoms with van der Waals surface area (Å²) in [5.41, 5.74) is 0.962. The first-order chi connectivity index (χ1) is 10.2. The monoisotopic (exact) mass is 304 g/mol. The van der Waals surface area contributed by atoms with E-state index in [1.807, 2.05) is 36.4 Å². The van der Waals surface area contributed by atoms with Gasteiger partial charge in [-0.05, 0) is 29.8 Å². The minimum atomic E-state index is -0.210. The minimum Gasteiger partial charge on any atom is -0.368 e. The van der Waals surface area contributed by atoms with Crippen LogP contribution in [0.25, 0.3) is 0 Å². The molecule has 0 bridgehead atoms. The molecule has 1 aromatic carbocycles. The van der Waals surface area contributed by atoms with Gasteiger partial charge in [0.2, 0.25) is 0 Å². The molecule has 2 amide bonds. The molecule has 1 aromatic heterocycles. The third-order valence-electron chi connectivity index (χ3n) is 2.72. The van der Waals surface area contributed by atoms with Crippen LogP contribution >= 0.6 is 11.6 Å². The number of benzene rings is 1. The summed E-state index contributed by atoms with van der Waals surface area (Å²) in [6.07, 6.45) is 1.72. The Labute approximate surface area is 128 Å². The number of pyridine rings is 1. The van der Waals surface area contributed by atoms with Crippen LogP contribution in [0.15, 0.2) is 48.7 Å². The molecule has 5 nitrogen and oxygen atoms in total. The van der Waals surface area contributed by atoms with E-state index >= 15 is 0 Å². The van der Waals surface area contributed by atoms with Crippen molar-refractivity contribution in [2.45, 2.75) is 6.54 Å². The molecule has 0 atom stereocenters. The number of urea groups is 1. The molecule has 0 saturated heterocycles. The molecule has 0 aliphatic rings. The van der Waals surface area contributed by atoms with Gasteiger partial charge >= 0.3 is 6.03 Å². The molecule has 2 aromatic rings. The van der Waals surface area contributed by atoms with Gasteiger partial charge in [0.1, 0.15) is 5.82 Å². The summed E-state index contributed by atoms with van der Waals surface area (Å²) in [6.45, 7) is 1.57. The SMILES string of the molecule is O=C(NCCNc1ccccn1)NCc1cccc(Cl)c1. The van der Waals surface area contributed by atoms with Crippen molar-refractivity contribution in [3.8, 4) is 0 Å². The number of carbonyl (C=O) groups is 1. The number of rotatable bonds is 6. The second kappa shape index (κ2) is 8.11. The summed E-state index contributed by atoms with van der Waals surface area (Å²) in [7, 11) is 0. The van der Waals surface area contributed by atoms with Crippen LogP contribution in [-0.2, 0) is 6.54 Å². The first-order valence-electron chi connectivity index (χ1n) is 6.65. The highest BCUT2D eigenvalue weighted by atomic mass is 35.5. The molecule has 0 unspecified atom stereocenters. The minimum absolute atomic E-state index is 0.210. The average Bonchev–Trinajstić information content (AvgIpc) is 2.51. The summed E-state index contributed by atoms with van der Waals surface area (Å²) in [5, 5.41) is 9.31. The third kappa shape index (κ3) is 5.71. The summed E-state index contributed by atoms with van der Waals surface area (Å²) >= 11 is 5.88. The van der Waals surface area contributed by atoms with Gasteiger partial charge in [-0.15, -0.1) is 0 Å². The first kappa shape index (κ1) is 15.1. The number of anilines is 1. The van der Waals surface area contributed by atoms with Gasteiger partial charge in [0, 0.05) is 30.9 Å². The highest BCUT2D eigenvalue weighted by Crippen LogP contribution is 2.10. The van der Waals surface area contributed by atoms with Crippen LogP contribution < -0.4 is 16.0 Å². The van der Waals surface area contributed by atoms with Gasteiger partial charge in [-0.3, -0.25) is 0 Å². The molecule has 2 rings (SSSR count). The molecular formula is C15H17ClN4O. The lowest BCUT2D eigenvalue weighted by atomic mass is 10.2. The second-order valence-electron chi connectivity index (χ2n) is 4.38. The van der Waals surface area contributed by atoms with E-state index in [2.05, 4.69) is 20.9 Å². The van der Waals surface area contributed by atoms with Gasteiger partial charge in [-0.25, -0.2) is 9.78 Å². The van der Waals surface area contributed by atoms with E-state index in [0.29, 0.717) is 24.7 Å². The van der Waals surface area contributed by atoms with E-state index in [4.69, 9.17) is 11.6 Å². The Morgan fingerprint density at radius 3 is 2.76 bits per heavy atom. The maximum Gasteiger partial charge on any atom is 0.315 e. The van der Waals surface area contributed by atoms with Crippen molar-refractivity contribution in [2.75, 3.05) is 18.4 Å². The molecule has 0 fully saturated rings. The molecule has 0 spiro atoms. The predicted octanol–water partition coefficient (Wildman–Crippen LogP) is 2.65. The number of aromatic nitrogens is 1. The van der Waals surface area contributed by atoms with E-state index in [1.54, 1.807) is 12.3 Å². The van der Waals surface area contributed by atoms with Crippen molar-refractivity contribution in [1.82, 2.24) is 15.6 Å². The molecule has 6 heteroatoms. The lowest BCUT2D eigenvalue weighted by Gasteiger charge is -2.09. The van der Waals surface area contributed by atoms with Crippen LogP contribution in [0.5, 0.6) is 0 Å². The van der Waals surface area contributed by atoms with E-state index in [-0.39, 0.29) is 6.03 Å². The van der Waals surface area contributed by atoms with Crippen LogP contribution in [0, 0.1) is 0 Å². The van der Waals surface area contributed by atoms with Crippen molar-refractivity contribution in [3.63, 3.8) is 0 Å². The fourth-order valence-corrected chi connectivity index (χ4v) is 1.94. The molecule has 0 radical (unpaired) electrons. The van der Waals surface area contributed by atoms with Crippen LogP contribution in [0.4, 0.5) is 10.6 Å². The second-order valence-corrected chi connectivity index (χ2v) is 4.82. The maximum absolute atomic E-state index is 11.6. The molecule has 0 saturated carbocycles. The van der Waals surface area contributed by atoms with Crippen molar-refractivity contribution in [3.05, 3.63) is 59.2 Å². The van der Waals surface area contributed by atoms with Crippen LogP contribution in [0.3, 0.4) is 0 Å². The summed E-state index contributed by atoms with van der Waals surface area (Å²) in [4.78, 5) is 15.7. The Hall–Kier alpha value is -2.27. The molecule has 0 aliphatic heterocycles. The summed E-state index contributed by atoms with van der Waals surface area (Å²) in [5.74, 6) is 0.790.